The Kier molecular flexibility index (Phi) is 7.72. The summed E-state index contributed by atoms with van der Waals surface area (Å²) < 4.78 is 14.5. The first-order valence-corrected chi connectivity index (χ1v) is 6.68. The Bertz CT molecular complexity index is 504. The number of carboxylic acid groups (broad SMARTS) is 1. The van der Waals surface area contributed by atoms with E-state index in [1.807, 2.05) is 0 Å². The fraction of sp³-hybridized carbons (Fsp3) is 0.467. The van der Waals surface area contributed by atoms with E-state index in [9.17, 15) is 19.2 Å². The maximum Gasteiger partial charge on any atom is 0.420 e. The van der Waals surface area contributed by atoms with Gasteiger partial charge in [-0.3, -0.25) is 9.59 Å². The Labute approximate surface area is 133 Å². The van der Waals surface area contributed by atoms with Gasteiger partial charge in [0.2, 0.25) is 0 Å². The fourth-order valence-electron chi connectivity index (χ4n) is 1.22. The van der Waals surface area contributed by atoms with Crippen molar-refractivity contribution in [2.75, 3.05) is 0 Å². The standard InChI is InChI=1S/C15H20O8/c1-9(2)13(19)22-15(5,23-14(20)10(3)4)21-12(18)8-6-7-11(16)17/h1,3,6-8H2,2,4-5H3,(H,16,17). The van der Waals surface area contributed by atoms with Crippen LogP contribution in [0.15, 0.2) is 24.3 Å². The highest BCUT2D eigenvalue weighted by molar-refractivity contribution is 5.89. The molecule has 0 aromatic heterocycles. The molecule has 0 fully saturated rings. The Morgan fingerprint density at radius 3 is 1.70 bits per heavy atom. The van der Waals surface area contributed by atoms with Crippen LogP contribution in [0.1, 0.15) is 40.0 Å². The molecule has 0 aromatic carbocycles. The van der Waals surface area contributed by atoms with Gasteiger partial charge in [0.25, 0.3) is 0 Å². The second kappa shape index (κ2) is 8.72. The molecule has 0 saturated heterocycles. The van der Waals surface area contributed by atoms with E-state index >= 15 is 0 Å². The zero-order valence-corrected chi connectivity index (χ0v) is 13.3. The summed E-state index contributed by atoms with van der Waals surface area (Å²) in [4.78, 5) is 45.3. The van der Waals surface area contributed by atoms with Gasteiger partial charge in [-0.15, -0.1) is 0 Å². The van der Waals surface area contributed by atoms with Crippen LogP contribution in [0, 0.1) is 0 Å². The molecule has 0 aliphatic carbocycles. The van der Waals surface area contributed by atoms with Gasteiger partial charge in [0, 0.05) is 24.0 Å². The molecule has 1 N–H and O–H groups in total. The van der Waals surface area contributed by atoms with Crippen molar-refractivity contribution < 1.29 is 38.5 Å². The largest absolute Gasteiger partial charge is 0.481 e. The lowest BCUT2D eigenvalue weighted by Gasteiger charge is -2.28. The highest BCUT2D eigenvalue weighted by atomic mass is 16.9. The number of carbonyl (C=O) groups excluding carboxylic acids is 3. The number of hydrogen-bond acceptors (Lipinski definition) is 7. The van der Waals surface area contributed by atoms with Crippen molar-refractivity contribution in [2.45, 2.75) is 46.0 Å². The van der Waals surface area contributed by atoms with Crippen LogP contribution in [0.3, 0.4) is 0 Å². The topological polar surface area (TPSA) is 116 Å². The summed E-state index contributed by atoms with van der Waals surface area (Å²) in [7, 11) is 0. The number of hydrogen-bond donors (Lipinski definition) is 1. The molecular formula is C15H20O8. The van der Waals surface area contributed by atoms with E-state index in [0.29, 0.717) is 0 Å². The minimum atomic E-state index is -2.30. The molecule has 0 radical (unpaired) electrons. The quantitative estimate of drug-likeness (QED) is 0.386. The van der Waals surface area contributed by atoms with Crippen molar-refractivity contribution in [3.63, 3.8) is 0 Å². The van der Waals surface area contributed by atoms with Crippen LogP contribution in [0.4, 0.5) is 0 Å². The maximum atomic E-state index is 11.7. The van der Waals surface area contributed by atoms with Crippen LogP contribution in [0.2, 0.25) is 0 Å². The van der Waals surface area contributed by atoms with Crippen LogP contribution >= 0.6 is 0 Å². The molecule has 8 nitrogen and oxygen atoms in total. The molecule has 8 heteroatoms. The SMILES string of the molecule is C=C(C)C(=O)OC(C)(OC(=O)CCCC(=O)O)OC(=O)C(=C)C. The van der Waals surface area contributed by atoms with Gasteiger partial charge in [-0.2, -0.15) is 0 Å². The lowest BCUT2D eigenvalue weighted by atomic mass is 10.2. The third-order valence-corrected chi connectivity index (χ3v) is 2.32. The molecule has 0 rings (SSSR count). The van der Waals surface area contributed by atoms with Gasteiger partial charge < -0.3 is 19.3 Å². The van der Waals surface area contributed by atoms with Gasteiger partial charge in [-0.25, -0.2) is 9.59 Å². The minimum absolute atomic E-state index is 0.00419. The molecule has 0 heterocycles. The summed E-state index contributed by atoms with van der Waals surface area (Å²) in [6.07, 6.45) is -0.465. The predicted molar refractivity (Wildman–Crippen MR) is 77.8 cm³/mol. The van der Waals surface area contributed by atoms with Crippen LogP contribution < -0.4 is 0 Å². The molecule has 23 heavy (non-hydrogen) atoms. The molecule has 0 atom stereocenters. The number of carboxylic acids is 1. The van der Waals surface area contributed by atoms with E-state index in [1.165, 1.54) is 13.8 Å². The average Bonchev–Trinajstić information content (AvgIpc) is 2.36. The molecule has 0 bridgehead atoms. The maximum absolute atomic E-state index is 11.7. The summed E-state index contributed by atoms with van der Waals surface area (Å²) in [5.41, 5.74) is 0.00838. The normalized spacial score (nSPS) is 10.4. The lowest BCUT2D eigenvalue weighted by molar-refractivity contribution is -0.317. The molecule has 0 spiro atoms. The van der Waals surface area contributed by atoms with Gasteiger partial charge in [-0.1, -0.05) is 13.2 Å². The second-order valence-corrected chi connectivity index (χ2v) is 4.92. The van der Waals surface area contributed by atoms with Crippen LogP contribution in [0.5, 0.6) is 0 Å². The fourth-order valence-corrected chi connectivity index (χ4v) is 1.22. The van der Waals surface area contributed by atoms with Gasteiger partial charge in [-0.05, 0) is 20.3 Å². The Morgan fingerprint density at radius 2 is 1.35 bits per heavy atom. The van der Waals surface area contributed by atoms with Crippen molar-refractivity contribution >= 4 is 23.9 Å². The summed E-state index contributed by atoms with van der Waals surface area (Å²) in [6.45, 7) is 10.5. The van der Waals surface area contributed by atoms with Crippen LogP contribution in [0.25, 0.3) is 0 Å². The summed E-state index contributed by atoms with van der Waals surface area (Å²) in [5, 5.41) is 8.51. The van der Waals surface area contributed by atoms with E-state index in [-0.39, 0.29) is 30.4 Å². The molecule has 0 amide bonds. The molecule has 0 aliphatic heterocycles. The zero-order chi connectivity index (χ0) is 18.2. The highest BCUT2D eigenvalue weighted by Gasteiger charge is 2.38. The first-order chi connectivity index (χ1) is 10.5. The number of rotatable bonds is 9. The third kappa shape index (κ3) is 8.40. The number of carbonyl (C=O) groups is 4. The predicted octanol–water partition coefficient (Wildman–Crippen LogP) is 1.70. The van der Waals surface area contributed by atoms with Crippen molar-refractivity contribution in [1.82, 2.24) is 0 Å². The highest BCUT2D eigenvalue weighted by Crippen LogP contribution is 2.20. The van der Waals surface area contributed by atoms with Crippen molar-refractivity contribution in [3.05, 3.63) is 24.3 Å². The number of ether oxygens (including phenoxy) is 3. The lowest BCUT2D eigenvalue weighted by Crippen LogP contribution is -2.42. The third-order valence-electron chi connectivity index (χ3n) is 2.32. The van der Waals surface area contributed by atoms with E-state index in [4.69, 9.17) is 19.3 Å². The van der Waals surface area contributed by atoms with E-state index in [1.54, 1.807) is 0 Å². The average molecular weight is 328 g/mol. The van der Waals surface area contributed by atoms with Crippen molar-refractivity contribution in [3.8, 4) is 0 Å². The van der Waals surface area contributed by atoms with Crippen LogP contribution in [-0.2, 0) is 33.4 Å². The van der Waals surface area contributed by atoms with E-state index in [0.717, 1.165) is 6.92 Å². The Hall–Kier alpha value is -2.64. The van der Waals surface area contributed by atoms with Crippen molar-refractivity contribution in [1.29, 1.82) is 0 Å². The molecule has 0 aliphatic rings. The summed E-state index contributed by atoms with van der Waals surface area (Å²) >= 11 is 0. The van der Waals surface area contributed by atoms with E-state index in [2.05, 4.69) is 13.2 Å². The first-order valence-electron chi connectivity index (χ1n) is 6.68. The van der Waals surface area contributed by atoms with Gasteiger partial charge in [0.15, 0.2) is 0 Å². The zero-order valence-electron chi connectivity index (χ0n) is 13.3. The summed E-state index contributed by atoms with van der Waals surface area (Å²) in [6, 6.07) is 0. The second-order valence-electron chi connectivity index (χ2n) is 4.92. The smallest absolute Gasteiger partial charge is 0.420 e. The van der Waals surface area contributed by atoms with Crippen LogP contribution in [-0.4, -0.2) is 35.0 Å². The van der Waals surface area contributed by atoms with Gasteiger partial charge in [0.1, 0.15) is 0 Å². The molecule has 0 unspecified atom stereocenters. The van der Waals surface area contributed by atoms with Gasteiger partial charge >= 0.3 is 29.9 Å². The van der Waals surface area contributed by atoms with E-state index < -0.39 is 29.9 Å². The molecular weight excluding hydrogens is 308 g/mol. The summed E-state index contributed by atoms with van der Waals surface area (Å²) in [5.74, 6) is -6.12. The van der Waals surface area contributed by atoms with Gasteiger partial charge in [0.05, 0.1) is 6.92 Å². The van der Waals surface area contributed by atoms with Crippen molar-refractivity contribution in [2.24, 2.45) is 0 Å². The Balaban J connectivity index is 4.96. The minimum Gasteiger partial charge on any atom is -0.481 e. The first kappa shape index (κ1) is 20.4. The Morgan fingerprint density at radius 1 is 0.913 bits per heavy atom. The molecule has 128 valence electrons. The number of esters is 3. The molecule has 0 saturated carbocycles. The molecule has 0 aromatic rings. The number of aliphatic carboxylic acids is 1. The monoisotopic (exact) mass is 328 g/mol.